The normalized spacial score (nSPS) is 11.6. The SMILES string of the molecule is COC(=O)CN(CCC(C)(C)C#N)C(C)C. The summed E-state index contributed by atoms with van der Waals surface area (Å²) in [5.74, 6) is -0.233. The van der Waals surface area contributed by atoms with Crippen LogP contribution in [0.2, 0.25) is 0 Å². The van der Waals surface area contributed by atoms with E-state index in [0.29, 0.717) is 0 Å². The molecular formula is C12H22N2O2. The van der Waals surface area contributed by atoms with Gasteiger partial charge in [-0.2, -0.15) is 5.26 Å². The molecule has 0 aliphatic rings. The van der Waals surface area contributed by atoms with Crippen LogP contribution in [0.1, 0.15) is 34.1 Å². The summed E-state index contributed by atoms with van der Waals surface area (Å²) in [6, 6.07) is 2.53. The highest BCUT2D eigenvalue weighted by molar-refractivity contribution is 5.71. The van der Waals surface area contributed by atoms with Crippen LogP contribution in [0.25, 0.3) is 0 Å². The molecule has 16 heavy (non-hydrogen) atoms. The molecule has 0 spiro atoms. The number of carbonyl (C=O) groups excluding carboxylic acids is 1. The third-order valence-corrected chi connectivity index (χ3v) is 2.62. The Morgan fingerprint density at radius 1 is 1.50 bits per heavy atom. The van der Waals surface area contributed by atoms with E-state index in [2.05, 4.69) is 10.8 Å². The molecule has 0 aromatic heterocycles. The Bertz CT molecular complexity index is 267. The van der Waals surface area contributed by atoms with Gasteiger partial charge >= 0.3 is 5.97 Å². The molecule has 0 saturated carbocycles. The van der Waals surface area contributed by atoms with Crippen molar-refractivity contribution in [3.63, 3.8) is 0 Å². The van der Waals surface area contributed by atoms with E-state index in [9.17, 15) is 4.79 Å². The zero-order valence-corrected chi connectivity index (χ0v) is 10.9. The summed E-state index contributed by atoms with van der Waals surface area (Å²) >= 11 is 0. The molecule has 0 heterocycles. The first-order chi connectivity index (χ1) is 7.32. The first kappa shape index (κ1) is 14.9. The molecule has 0 saturated heterocycles. The maximum Gasteiger partial charge on any atom is 0.319 e. The molecule has 0 bridgehead atoms. The predicted octanol–water partition coefficient (Wildman–Crippen LogP) is 1.81. The van der Waals surface area contributed by atoms with Gasteiger partial charge in [0.25, 0.3) is 0 Å². The van der Waals surface area contributed by atoms with Gasteiger partial charge in [-0.15, -0.1) is 0 Å². The van der Waals surface area contributed by atoms with Crippen LogP contribution in [0.5, 0.6) is 0 Å². The van der Waals surface area contributed by atoms with E-state index in [4.69, 9.17) is 5.26 Å². The predicted molar refractivity (Wildman–Crippen MR) is 62.7 cm³/mol. The van der Waals surface area contributed by atoms with Crippen LogP contribution in [-0.4, -0.2) is 37.1 Å². The minimum atomic E-state index is -0.344. The van der Waals surface area contributed by atoms with Gasteiger partial charge in [-0.1, -0.05) is 0 Å². The van der Waals surface area contributed by atoms with Gasteiger partial charge in [0.2, 0.25) is 0 Å². The zero-order valence-electron chi connectivity index (χ0n) is 10.9. The Morgan fingerprint density at radius 3 is 2.44 bits per heavy atom. The van der Waals surface area contributed by atoms with Crippen LogP contribution >= 0.6 is 0 Å². The van der Waals surface area contributed by atoms with Gasteiger partial charge in [-0.05, 0) is 34.1 Å². The highest BCUT2D eigenvalue weighted by Crippen LogP contribution is 2.19. The second-order valence-corrected chi connectivity index (χ2v) is 4.89. The van der Waals surface area contributed by atoms with E-state index in [1.54, 1.807) is 0 Å². The quantitative estimate of drug-likeness (QED) is 0.648. The van der Waals surface area contributed by atoms with Crippen molar-refractivity contribution in [3.8, 4) is 6.07 Å². The van der Waals surface area contributed by atoms with Gasteiger partial charge in [-0.3, -0.25) is 9.69 Å². The van der Waals surface area contributed by atoms with Crippen LogP contribution < -0.4 is 0 Å². The fourth-order valence-corrected chi connectivity index (χ4v) is 1.23. The smallest absolute Gasteiger partial charge is 0.319 e. The van der Waals surface area contributed by atoms with Crippen LogP contribution in [0.4, 0.5) is 0 Å². The van der Waals surface area contributed by atoms with Gasteiger partial charge in [0.05, 0.1) is 25.1 Å². The Balaban J connectivity index is 4.26. The molecule has 4 heteroatoms. The molecule has 0 amide bonds. The van der Waals surface area contributed by atoms with E-state index in [1.807, 2.05) is 32.6 Å². The topological polar surface area (TPSA) is 53.3 Å². The fraction of sp³-hybridized carbons (Fsp3) is 0.833. The third-order valence-electron chi connectivity index (χ3n) is 2.62. The summed E-state index contributed by atoms with van der Waals surface area (Å²) in [7, 11) is 1.39. The lowest BCUT2D eigenvalue weighted by molar-refractivity contribution is -0.142. The molecule has 0 atom stereocenters. The molecule has 0 aromatic carbocycles. The number of rotatable bonds is 6. The summed E-state index contributed by atoms with van der Waals surface area (Å²) in [5.41, 5.74) is -0.344. The fourth-order valence-electron chi connectivity index (χ4n) is 1.23. The average molecular weight is 226 g/mol. The molecule has 0 radical (unpaired) electrons. The van der Waals surface area contributed by atoms with Crippen molar-refractivity contribution in [3.05, 3.63) is 0 Å². The number of ether oxygens (including phenoxy) is 1. The Kier molecular flexibility index (Phi) is 6.05. The van der Waals surface area contributed by atoms with E-state index < -0.39 is 0 Å². The van der Waals surface area contributed by atoms with Crippen LogP contribution in [0, 0.1) is 16.7 Å². The standard InChI is InChI=1S/C12H22N2O2/c1-10(2)14(8-11(15)16-5)7-6-12(3,4)9-13/h10H,6-8H2,1-5H3. The molecule has 0 N–H and O–H groups in total. The number of hydrogen-bond acceptors (Lipinski definition) is 4. The van der Waals surface area contributed by atoms with Gasteiger partial charge in [0, 0.05) is 12.6 Å². The summed E-state index contributed by atoms with van der Waals surface area (Å²) in [6.07, 6.45) is 0.749. The summed E-state index contributed by atoms with van der Waals surface area (Å²) < 4.78 is 4.64. The van der Waals surface area contributed by atoms with Gasteiger partial charge in [-0.25, -0.2) is 0 Å². The highest BCUT2D eigenvalue weighted by Gasteiger charge is 2.21. The van der Waals surface area contributed by atoms with E-state index in [1.165, 1.54) is 7.11 Å². The number of carbonyl (C=O) groups is 1. The first-order valence-corrected chi connectivity index (χ1v) is 5.54. The van der Waals surface area contributed by atoms with E-state index in [0.717, 1.165) is 13.0 Å². The average Bonchev–Trinajstić information content (AvgIpc) is 2.23. The number of esters is 1. The van der Waals surface area contributed by atoms with Crippen LogP contribution in [0.3, 0.4) is 0 Å². The van der Waals surface area contributed by atoms with Gasteiger partial charge < -0.3 is 4.74 Å². The number of nitrogens with zero attached hydrogens (tertiary/aromatic N) is 2. The van der Waals surface area contributed by atoms with Crippen LogP contribution in [0.15, 0.2) is 0 Å². The van der Waals surface area contributed by atoms with E-state index >= 15 is 0 Å². The lowest BCUT2D eigenvalue weighted by Gasteiger charge is -2.27. The second-order valence-electron chi connectivity index (χ2n) is 4.89. The summed E-state index contributed by atoms with van der Waals surface area (Å²) in [5, 5.41) is 8.91. The first-order valence-electron chi connectivity index (χ1n) is 5.54. The molecule has 0 rings (SSSR count). The van der Waals surface area contributed by atoms with Crippen molar-refractivity contribution in [2.45, 2.75) is 40.2 Å². The number of methoxy groups -OCH3 is 1. The van der Waals surface area contributed by atoms with Crippen molar-refractivity contribution in [2.24, 2.45) is 5.41 Å². The minimum absolute atomic E-state index is 0.233. The van der Waals surface area contributed by atoms with Gasteiger partial charge in [0.1, 0.15) is 0 Å². The van der Waals surface area contributed by atoms with Crippen molar-refractivity contribution in [2.75, 3.05) is 20.2 Å². The van der Waals surface area contributed by atoms with Crippen molar-refractivity contribution in [1.82, 2.24) is 4.90 Å². The monoisotopic (exact) mass is 226 g/mol. The maximum absolute atomic E-state index is 11.2. The zero-order chi connectivity index (χ0) is 12.8. The Labute approximate surface area is 98.2 Å². The highest BCUT2D eigenvalue weighted by atomic mass is 16.5. The molecule has 0 aromatic rings. The molecule has 4 nitrogen and oxygen atoms in total. The lowest BCUT2D eigenvalue weighted by Crippen LogP contribution is -2.38. The molecule has 0 aliphatic carbocycles. The number of hydrogen-bond donors (Lipinski definition) is 0. The Morgan fingerprint density at radius 2 is 2.06 bits per heavy atom. The van der Waals surface area contributed by atoms with Crippen LogP contribution in [-0.2, 0) is 9.53 Å². The maximum atomic E-state index is 11.2. The molecule has 0 unspecified atom stereocenters. The van der Waals surface area contributed by atoms with Crippen molar-refractivity contribution in [1.29, 1.82) is 5.26 Å². The molecule has 0 fully saturated rings. The largest absolute Gasteiger partial charge is 0.468 e. The van der Waals surface area contributed by atoms with Crippen molar-refractivity contribution < 1.29 is 9.53 Å². The summed E-state index contributed by atoms with van der Waals surface area (Å²) in [6.45, 7) is 8.89. The molecule has 92 valence electrons. The number of nitriles is 1. The second kappa shape index (κ2) is 6.49. The lowest BCUT2D eigenvalue weighted by atomic mass is 9.91. The van der Waals surface area contributed by atoms with E-state index in [-0.39, 0.29) is 24.0 Å². The summed E-state index contributed by atoms with van der Waals surface area (Å²) in [4.78, 5) is 13.2. The van der Waals surface area contributed by atoms with Crippen molar-refractivity contribution >= 4 is 5.97 Å². The van der Waals surface area contributed by atoms with Gasteiger partial charge in [0.15, 0.2) is 0 Å². The Hall–Kier alpha value is -1.08. The third kappa shape index (κ3) is 5.72. The molecular weight excluding hydrogens is 204 g/mol. The minimum Gasteiger partial charge on any atom is -0.468 e. The molecule has 0 aliphatic heterocycles.